The van der Waals surface area contributed by atoms with Crippen molar-refractivity contribution in [3.8, 4) is 17.2 Å². The Bertz CT molecular complexity index is 717. The maximum absolute atomic E-state index is 5.42. The minimum absolute atomic E-state index is 0.602. The summed E-state index contributed by atoms with van der Waals surface area (Å²) in [5.41, 5.74) is 2.14. The van der Waals surface area contributed by atoms with E-state index in [1.165, 1.54) is 0 Å². The van der Waals surface area contributed by atoms with Gasteiger partial charge in [0.1, 0.15) is 6.54 Å². The number of benzene rings is 1. The SMILES string of the molecule is COc1cc(/C=C/c2cccc[n+]2CCCN(C)C)cc(OC)c1OC. The van der Waals surface area contributed by atoms with Crippen LogP contribution in [-0.4, -0.2) is 46.9 Å². The Hall–Kier alpha value is -2.53. The molecule has 140 valence electrons. The van der Waals surface area contributed by atoms with Crippen molar-refractivity contribution in [2.45, 2.75) is 13.0 Å². The van der Waals surface area contributed by atoms with Crippen LogP contribution in [0.15, 0.2) is 36.5 Å². The molecule has 0 spiro atoms. The largest absolute Gasteiger partial charge is 0.493 e. The van der Waals surface area contributed by atoms with Crippen LogP contribution in [0.1, 0.15) is 17.7 Å². The molecular formula is C21H29N2O3+. The summed E-state index contributed by atoms with van der Waals surface area (Å²) < 4.78 is 18.5. The molecule has 0 aliphatic carbocycles. The fourth-order valence-electron chi connectivity index (χ4n) is 2.78. The van der Waals surface area contributed by atoms with Crippen LogP contribution in [0, 0.1) is 0 Å². The molecule has 2 aromatic rings. The molecule has 0 amide bonds. The molecular weight excluding hydrogens is 328 g/mol. The molecule has 1 heterocycles. The Kier molecular flexibility index (Phi) is 7.48. The van der Waals surface area contributed by atoms with Gasteiger partial charge in [-0.1, -0.05) is 0 Å². The lowest BCUT2D eigenvalue weighted by Gasteiger charge is -2.12. The van der Waals surface area contributed by atoms with Crippen molar-refractivity contribution in [1.29, 1.82) is 0 Å². The summed E-state index contributed by atoms with van der Waals surface area (Å²) in [4.78, 5) is 2.20. The second-order valence-electron chi connectivity index (χ2n) is 6.27. The second-order valence-corrected chi connectivity index (χ2v) is 6.27. The molecule has 0 N–H and O–H groups in total. The topological polar surface area (TPSA) is 34.8 Å². The Morgan fingerprint density at radius 2 is 1.65 bits per heavy atom. The predicted octanol–water partition coefficient (Wildman–Crippen LogP) is 3.12. The molecule has 1 aromatic carbocycles. The van der Waals surface area contributed by atoms with Crippen LogP contribution >= 0.6 is 0 Å². The third-order valence-corrected chi connectivity index (χ3v) is 4.11. The highest BCUT2D eigenvalue weighted by Gasteiger charge is 2.12. The average Bonchev–Trinajstić information content (AvgIpc) is 2.65. The van der Waals surface area contributed by atoms with Gasteiger partial charge in [0.25, 0.3) is 0 Å². The van der Waals surface area contributed by atoms with Crippen molar-refractivity contribution in [3.05, 3.63) is 47.8 Å². The molecule has 2 rings (SSSR count). The van der Waals surface area contributed by atoms with Gasteiger partial charge in [0, 0.05) is 31.2 Å². The zero-order chi connectivity index (χ0) is 18.9. The molecule has 0 unspecified atom stereocenters. The zero-order valence-electron chi connectivity index (χ0n) is 16.4. The Labute approximate surface area is 156 Å². The van der Waals surface area contributed by atoms with E-state index >= 15 is 0 Å². The molecule has 0 saturated carbocycles. The van der Waals surface area contributed by atoms with Crippen LogP contribution in [0.2, 0.25) is 0 Å². The van der Waals surface area contributed by atoms with Gasteiger partial charge in [-0.25, -0.2) is 0 Å². The molecule has 5 heteroatoms. The van der Waals surface area contributed by atoms with Crippen LogP contribution in [0.3, 0.4) is 0 Å². The van der Waals surface area contributed by atoms with Crippen molar-refractivity contribution in [2.75, 3.05) is 42.0 Å². The van der Waals surface area contributed by atoms with Crippen LogP contribution in [0.4, 0.5) is 0 Å². The van der Waals surface area contributed by atoms with Crippen molar-refractivity contribution in [2.24, 2.45) is 0 Å². The highest BCUT2D eigenvalue weighted by Crippen LogP contribution is 2.38. The van der Waals surface area contributed by atoms with E-state index in [1.54, 1.807) is 21.3 Å². The molecule has 0 aliphatic rings. The lowest BCUT2D eigenvalue weighted by molar-refractivity contribution is -0.698. The molecule has 0 bridgehead atoms. The average molecular weight is 357 g/mol. The van der Waals surface area contributed by atoms with Gasteiger partial charge in [0.15, 0.2) is 17.7 Å². The van der Waals surface area contributed by atoms with Gasteiger partial charge in [-0.05, 0) is 43.9 Å². The number of nitrogens with zero attached hydrogens (tertiary/aromatic N) is 2. The minimum Gasteiger partial charge on any atom is -0.493 e. The van der Waals surface area contributed by atoms with E-state index in [9.17, 15) is 0 Å². The first-order valence-electron chi connectivity index (χ1n) is 8.70. The first-order valence-corrected chi connectivity index (χ1v) is 8.70. The lowest BCUT2D eigenvalue weighted by Crippen LogP contribution is -2.37. The first-order chi connectivity index (χ1) is 12.6. The molecule has 0 radical (unpaired) electrons. The van der Waals surface area contributed by atoms with Crippen LogP contribution in [0.5, 0.6) is 17.2 Å². The van der Waals surface area contributed by atoms with E-state index in [-0.39, 0.29) is 0 Å². The number of ether oxygens (including phenoxy) is 3. The van der Waals surface area contributed by atoms with E-state index in [4.69, 9.17) is 14.2 Å². The van der Waals surface area contributed by atoms with Crippen molar-refractivity contribution >= 4 is 12.2 Å². The number of aryl methyl sites for hydroxylation is 1. The molecule has 5 nitrogen and oxygen atoms in total. The Morgan fingerprint density at radius 3 is 2.23 bits per heavy atom. The number of methoxy groups -OCH3 is 3. The monoisotopic (exact) mass is 357 g/mol. The van der Waals surface area contributed by atoms with Gasteiger partial charge < -0.3 is 19.1 Å². The first kappa shape index (κ1) is 19.8. The fraction of sp³-hybridized carbons (Fsp3) is 0.381. The van der Waals surface area contributed by atoms with E-state index in [2.05, 4.69) is 60.1 Å². The number of hydrogen-bond donors (Lipinski definition) is 0. The van der Waals surface area contributed by atoms with Gasteiger partial charge in [0.2, 0.25) is 11.4 Å². The molecule has 0 atom stereocenters. The van der Waals surface area contributed by atoms with Gasteiger partial charge in [-0.15, -0.1) is 0 Å². The highest BCUT2D eigenvalue weighted by molar-refractivity contribution is 5.70. The normalized spacial score (nSPS) is 11.2. The molecule has 1 aromatic heterocycles. The van der Waals surface area contributed by atoms with Crippen LogP contribution in [0.25, 0.3) is 12.2 Å². The van der Waals surface area contributed by atoms with Gasteiger partial charge in [0.05, 0.1) is 21.3 Å². The van der Waals surface area contributed by atoms with E-state index in [1.807, 2.05) is 12.1 Å². The highest BCUT2D eigenvalue weighted by atomic mass is 16.5. The van der Waals surface area contributed by atoms with Crippen molar-refractivity contribution in [1.82, 2.24) is 4.90 Å². The summed E-state index contributed by atoms with van der Waals surface area (Å²) in [6.45, 7) is 2.05. The number of hydrogen-bond acceptors (Lipinski definition) is 4. The Morgan fingerprint density at radius 1 is 0.962 bits per heavy atom. The summed E-state index contributed by atoms with van der Waals surface area (Å²) in [7, 11) is 9.06. The molecule has 0 aliphatic heterocycles. The second kappa shape index (κ2) is 9.82. The Balaban J connectivity index is 2.24. The quantitative estimate of drug-likeness (QED) is 0.646. The van der Waals surface area contributed by atoms with Crippen molar-refractivity contribution in [3.63, 3.8) is 0 Å². The molecule has 0 saturated heterocycles. The van der Waals surface area contributed by atoms with E-state index in [0.29, 0.717) is 17.2 Å². The third-order valence-electron chi connectivity index (χ3n) is 4.11. The number of rotatable bonds is 9. The standard InChI is InChI=1S/C21H29N2O3/c1-22(2)12-8-14-23-13-7-6-9-18(23)11-10-17-15-19(24-3)21(26-5)20(16-17)25-4/h6-7,9-11,13,15-16H,8,12,14H2,1-5H3/q+1/b11-10+. The van der Waals surface area contributed by atoms with Crippen LogP contribution < -0.4 is 18.8 Å². The fourth-order valence-corrected chi connectivity index (χ4v) is 2.78. The zero-order valence-corrected chi connectivity index (χ0v) is 16.4. The minimum atomic E-state index is 0.602. The lowest BCUT2D eigenvalue weighted by atomic mass is 10.1. The van der Waals surface area contributed by atoms with E-state index in [0.717, 1.165) is 30.8 Å². The maximum Gasteiger partial charge on any atom is 0.205 e. The summed E-state index contributed by atoms with van der Waals surface area (Å²) in [5.74, 6) is 1.91. The van der Waals surface area contributed by atoms with E-state index < -0.39 is 0 Å². The van der Waals surface area contributed by atoms with Gasteiger partial charge >= 0.3 is 0 Å². The van der Waals surface area contributed by atoms with Crippen LogP contribution in [-0.2, 0) is 6.54 Å². The van der Waals surface area contributed by atoms with Gasteiger partial charge in [-0.3, -0.25) is 0 Å². The summed E-state index contributed by atoms with van der Waals surface area (Å²) in [6, 6.07) is 10.1. The molecule has 0 fully saturated rings. The van der Waals surface area contributed by atoms with Crippen molar-refractivity contribution < 1.29 is 18.8 Å². The third kappa shape index (κ3) is 5.23. The maximum atomic E-state index is 5.42. The summed E-state index contributed by atoms with van der Waals surface area (Å²) in [5, 5.41) is 0. The summed E-state index contributed by atoms with van der Waals surface area (Å²) in [6.07, 6.45) is 7.38. The van der Waals surface area contributed by atoms with Gasteiger partial charge in [-0.2, -0.15) is 4.57 Å². The molecule has 26 heavy (non-hydrogen) atoms. The number of aromatic nitrogens is 1. The number of pyridine rings is 1. The summed E-state index contributed by atoms with van der Waals surface area (Å²) >= 11 is 0. The smallest absolute Gasteiger partial charge is 0.205 e. The predicted molar refractivity (Wildman–Crippen MR) is 105 cm³/mol.